The highest BCUT2D eigenvalue weighted by Crippen LogP contribution is 2.32. The average molecular weight is 409 g/mol. The number of rotatable bonds is 13. The van der Waals surface area contributed by atoms with Gasteiger partial charge in [0.1, 0.15) is 5.75 Å². The molecule has 0 unspecified atom stereocenters. The molecular weight excluding hydrogens is 376 g/mol. The van der Waals surface area contributed by atoms with Gasteiger partial charge in [0.2, 0.25) is 6.79 Å². The maximum absolute atomic E-state index is 12.4. The van der Waals surface area contributed by atoms with E-state index in [1.54, 1.807) is 12.2 Å². The summed E-state index contributed by atoms with van der Waals surface area (Å²) in [4.78, 5) is 12.4. The minimum Gasteiger partial charge on any atom is -0.494 e. The van der Waals surface area contributed by atoms with E-state index in [0.29, 0.717) is 11.3 Å². The lowest BCUT2D eigenvalue weighted by atomic mass is 10.1. The molecule has 0 N–H and O–H groups in total. The van der Waals surface area contributed by atoms with Crippen molar-refractivity contribution >= 4 is 11.9 Å². The highest BCUT2D eigenvalue weighted by Gasteiger charge is 2.12. The molecule has 4 nitrogen and oxygen atoms in total. The predicted octanol–water partition coefficient (Wildman–Crippen LogP) is 6.83. The van der Waals surface area contributed by atoms with Crippen LogP contribution in [0.15, 0.2) is 48.5 Å². The number of allylic oxidation sites excluding steroid dienone is 1. The molecule has 0 atom stereocenters. The number of ketones is 1. The first-order valence-corrected chi connectivity index (χ1v) is 11.1. The minimum absolute atomic E-state index is 0.0395. The summed E-state index contributed by atoms with van der Waals surface area (Å²) >= 11 is 0. The number of carbonyl (C=O) groups excluding carboxylic acids is 1. The zero-order valence-corrected chi connectivity index (χ0v) is 17.9. The van der Waals surface area contributed by atoms with Gasteiger partial charge in [0.15, 0.2) is 17.3 Å². The summed E-state index contributed by atoms with van der Waals surface area (Å²) in [6.45, 7) is 3.22. The molecule has 0 radical (unpaired) electrons. The van der Waals surface area contributed by atoms with Gasteiger partial charge >= 0.3 is 0 Å². The van der Waals surface area contributed by atoms with E-state index in [4.69, 9.17) is 14.2 Å². The Morgan fingerprint density at radius 2 is 1.60 bits per heavy atom. The molecule has 4 heteroatoms. The van der Waals surface area contributed by atoms with E-state index < -0.39 is 0 Å². The minimum atomic E-state index is -0.0395. The normalized spacial score (nSPS) is 12.4. The number of benzene rings is 2. The van der Waals surface area contributed by atoms with Crippen LogP contribution in [-0.2, 0) is 0 Å². The monoisotopic (exact) mass is 408 g/mol. The van der Waals surface area contributed by atoms with Crippen LogP contribution in [0.4, 0.5) is 0 Å². The van der Waals surface area contributed by atoms with E-state index in [1.807, 2.05) is 42.5 Å². The molecule has 0 spiro atoms. The summed E-state index contributed by atoms with van der Waals surface area (Å²) in [5, 5.41) is 0. The van der Waals surface area contributed by atoms with Crippen molar-refractivity contribution in [1.29, 1.82) is 0 Å². The summed E-state index contributed by atoms with van der Waals surface area (Å²) < 4.78 is 16.5. The molecule has 2 aromatic carbocycles. The number of hydrogen-bond donors (Lipinski definition) is 0. The lowest BCUT2D eigenvalue weighted by Gasteiger charge is -2.07. The van der Waals surface area contributed by atoms with Gasteiger partial charge in [0.05, 0.1) is 6.61 Å². The van der Waals surface area contributed by atoms with Gasteiger partial charge in [0, 0.05) is 5.56 Å². The maximum Gasteiger partial charge on any atom is 0.231 e. The third kappa shape index (κ3) is 6.94. The number of unbranched alkanes of at least 4 members (excludes halogenated alkanes) is 7. The first-order valence-electron chi connectivity index (χ1n) is 11.1. The smallest absolute Gasteiger partial charge is 0.231 e. The predicted molar refractivity (Wildman–Crippen MR) is 120 cm³/mol. The van der Waals surface area contributed by atoms with Crippen molar-refractivity contribution in [2.75, 3.05) is 13.4 Å². The summed E-state index contributed by atoms with van der Waals surface area (Å²) in [6.07, 6.45) is 13.7. The highest BCUT2D eigenvalue weighted by atomic mass is 16.7. The van der Waals surface area contributed by atoms with Crippen LogP contribution in [0, 0.1) is 0 Å². The number of carbonyl (C=O) groups is 1. The first-order chi connectivity index (χ1) is 14.8. The molecule has 1 heterocycles. The van der Waals surface area contributed by atoms with Crippen molar-refractivity contribution in [3.63, 3.8) is 0 Å². The van der Waals surface area contributed by atoms with Crippen LogP contribution in [0.5, 0.6) is 17.2 Å². The van der Waals surface area contributed by atoms with Crippen LogP contribution in [0.1, 0.15) is 74.2 Å². The standard InChI is InChI=1S/C26H32O4/c1-2-3-4-5-6-7-8-9-18-28-23-14-12-22(13-15-23)24(27)16-10-21-11-17-25-26(19-21)30-20-29-25/h10-17,19H,2-9,18,20H2,1H3. The summed E-state index contributed by atoms with van der Waals surface area (Å²) in [6, 6.07) is 13.0. The zero-order valence-electron chi connectivity index (χ0n) is 17.9. The lowest BCUT2D eigenvalue weighted by Crippen LogP contribution is -1.99. The molecule has 0 aromatic heterocycles. The van der Waals surface area contributed by atoms with Crippen LogP contribution < -0.4 is 14.2 Å². The van der Waals surface area contributed by atoms with E-state index >= 15 is 0 Å². The molecule has 0 saturated heterocycles. The van der Waals surface area contributed by atoms with Crippen molar-refractivity contribution in [2.24, 2.45) is 0 Å². The van der Waals surface area contributed by atoms with Gasteiger partial charge < -0.3 is 14.2 Å². The molecular formula is C26H32O4. The molecule has 2 aromatic rings. The summed E-state index contributed by atoms with van der Waals surface area (Å²) in [5.74, 6) is 2.22. The van der Waals surface area contributed by atoms with E-state index in [0.717, 1.165) is 30.1 Å². The second kappa shape index (κ2) is 12.1. The topological polar surface area (TPSA) is 44.8 Å². The van der Waals surface area contributed by atoms with Crippen LogP contribution in [0.2, 0.25) is 0 Å². The fourth-order valence-corrected chi connectivity index (χ4v) is 3.43. The van der Waals surface area contributed by atoms with Crippen LogP contribution in [0.3, 0.4) is 0 Å². The second-order valence-electron chi connectivity index (χ2n) is 7.66. The Morgan fingerprint density at radius 3 is 2.37 bits per heavy atom. The lowest BCUT2D eigenvalue weighted by molar-refractivity contribution is 0.104. The zero-order chi connectivity index (χ0) is 21.0. The quantitative estimate of drug-likeness (QED) is 0.207. The number of hydrogen-bond acceptors (Lipinski definition) is 4. The molecule has 3 rings (SSSR count). The van der Waals surface area contributed by atoms with Gasteiger partial charge in [-0.25, -0.2) is 0 Å². The molecule has 0 saturated carbocycles. The SMILES string of the molecule is CCCCCCCCCCOc1ccc(C(=O)C=Cc2ccc3c(c2)OCO3)cc1. The van der Waals surface area contributed by atoms with Gasteiger partial charge in [-0.1, -0.05) is 64.0 Å². The van der Waals surface area contributed by atoms with E-state index in [1.165, 1.54) is 44.9 Å². The molecule has 0 bridgehead atoms. The van der Waals surface area contributed by atoms with E-state index in [-0.39, 0.29) is 12.6 Å². The Labute approximate surface area is 179 Å². The van der Waals surface area contributed by atoms with Crippen LogP contribution in [0.25, 0.3) is 6.08 Å². The van der Waals surface area contributed by atoms with Gasteiger partial charge in [-0.15, -0.1) is 0 Å². The average Bonchev–Trinajstić information content (AvgIpc) is 3.25. The van der Waals surface area contributed by atoms with Crippen molar-refractivity contribution in [3.05, 3.63) is 59.7 Å². The van der Waals surface area contributed by atoms with Crippen molar-refractivity contribution < 1.29 is 19.0 Å². The van der Waals surface area contributed by atoms with Crippen molar-refractivity contribution in [1.82, 2.24) is 0 Å². The second-order valence-corrected chi connectivity index (χ2v) is 7.66. The molecule has 30 heavy (non-hydrogen) atoms. The fourth-order valence-electron chi connectivity index (χ4n) is 3.43. The molecule has 0 amide bonds. The largest absolute Gasteiger partial charge is 0.494 e. The van der Waals surface area contributed by atoms with E-state index in [2.05, 4.69) is 6.92 Å². The molecule has 0 aliphatic carbocycles. The van der Waals surface area contributed by atoms with Crippen LogP contribution in [-0.4, -0.2) is 19.2 Å². The third-order valence-electron chi connectivity index (χ3n) is 5.23. The maximum atomic E-state index is 12.4. The van der Waals surface area contributed by atoms with Gasteiger partial charge in [0.25, 0.3) is 0 Å². The molecule has 0 fully saturated rings. The fraction of sp³-hybridized carbons (Fsp3) is 0.423. The number of fused-ring (bicyclic) bond motifs is 1. The molecule has 1 aliphatic heterocycles. The van der Waals surface area contributed by atoms with Crippen molar-refractivity contribution in [2.45, 2.75) is 58.3 Å². The van der Waals surface area contributed by atoms with E-state index in [9.17, 15) is 4.79 Å². The molecule has 160 valence electrons. The summed E-state index contributed by atoms with van der Waals surface area (Å²) in [5.41, 5.74) is 1.55. The Hall–Kier alpha value is -2.75. The van der Waals surface area contributed by atoms with Crippen LogP contribution >= 0.6 is 0 Å². The first kappa shape index (κ1) is 21.9. The Morgan fingerprint density at radius 1 is 0.900 bits per heavy atom. The van der Waals surface area contributed by atoms with Gasteiger partial charge in [-0.2, -0.15) is 0 Å². The van der Waals surface area contributed by atoms with Crippen molar-refractivity contribution in [3.8, 4) is 17.2 Å². The highest BCUT2D eigenvalue weighted by molar-refractivity contribution is 6.06. The summed E-state index contributed by atoms with van der Waals surface area (Å²) in [7, 11) is 0. The Bertz CT molecular complexity index is 823. The number of ether oxygens (including phenoxy) is 3. The molecule has 1 aliphatic rings. The third-order valence-corrected chi connectivity index (χ3v) is 5.23. The Balaban J connectivity index is 1.37. The Kier molecular flexibility index (Phi) is 8.82. The van der Waals surface area contributed by atoms with Gasteiger partial charge in [-0.05, 0) is 54.5 Å². The van der Waals surface area contributed by atoms with Gasteiger partial charge in [-0.3, -0.25) is 4.79 Å².